The van der Waals surface area contributed by atoms with Gasteiger partial charge in [-0.1, -0.05) is 24.0 Å². The molecule has 1 heterocycles. The maximum atomic E-state index is 13.4. The lowest BCUT2D eigenvalue weighted by Gasteiger charge is -2.34. The van der Waals surface area contributed by atoms with Crippen LogP contribution in [0, 0.1) is 23.6 Å². The molecular formula is C27H34FN7O2. The summed E-state index contributed by atoms with van der Waals surface area (Å²) in [7, 11) is 7.21. The van der Waals surface area contributed by atoms with Crippen LogP contribution < -0.4 is 16.0 Å². The van der Waals surface area contributed by atoms with E-state index in [4.69, 9.17) is 0 Å². The monoisotopic (exact) mass is 507 g/mol. The molecule has 0 saturated heterocycles. The highest BCUT2D eigenvalue weighted by Gasteiger charge is 2.31. The molecule has 3 N–H and O–H groups in total. The molecule has 1 fully saturated rings. The third-order valence-electron chi connectivity index (χ3n) is 6.04. The number of likely N-dealkylation sites (N-methyl/N-ethyl adjacent to an activating group) is 2. The van der Waals surface area contributed by atoms with E-state index in [2.05, 4.69) is 37.8 Å². The number of aromatic nitrogens is 2. The minimum Gasteiger partial charge on any atom is -0.372 e. The lowest BCUT2D eigenvalue weighted by atomic mass is 9.80. The SMILES string of the molecule is CNc1nc(Nc2cccc(F)c2)ncc1C#CC1CC(NC(=O)C(C)N(C)C(=O)C=CCN(C)C)C1. The van der Waals surface area contributed by atoms with Gasteiger partial charge in [0.1, 0.15) is 17.7 Å². The van der Waals surface area contributed by atoms with Crippen molar-refractivity contribution in [2.45, 2.75) is 31.8 Å². The van der Waals surface area contributed by atoms with Crippen LogP contribution in [0.2, 0.25) is 0 Å². The average molecular weight is 508 g/mol. The summed E-state index contributed by atoms with van der Waals surface area (Å²) in [5, 5.41) is 9.00. The zero-order chi connectivity index (χ0) is 26.9. The Morgan fingerprint density at radius 2 is 2.03 bits per heavy atom. The van der Waals surface area contributed by atoms with Crippen LogP contribution in [0.1, 0.15) is 25.3 Å². The van der Waals surface area contributed by atoms with Gasteiger partial charge in [-0.25, -0.2) is 9.37 Å². The first kappa shape index (κ1) is 27.6. The second kappa shape index (κ2) is 12.8. The molecule has 1 saturated carbocycles. The summed E-state index contributed by atoms with van der Waals surface area (Å²) in [6.07, 6.45) is 6.36. The highest BCUT2D eigenvalue weighted by atomic mass is 19.1. The fourth-order valence-corrected chi connectivity index (χ4v) is 3.62. The number of amides is 2. The predicted molar refractivity (Wildman–Crippen MR) is 143 cm³/mol. The Morgan fingerprint density at radius 3 is 2.70 bits per heavy atom. The molecule has 1 aliphatic rings. The van der Waals surface area contributed by atoms with Gasteiger partial charge in [0.05, 0.1) is 11.8 Å². The van der Waals surface area contributed by atoms with Crippen LogP contribution >= 0.6 is 0 Å². The van der Waals surface area contributed by atoms with Crippen LogP contribution in [0.5, 0.6) is 0 Å². The number of carbonyl (C=O) groups excluding carboxylic acids is 2. The van der Waals surface area contributed by atoms with Crippen LogP contribution in [-0.2, 0) is 9.59 Å². The molecule has 0 bridgehead atoms. The lowest BCUT2D eigenvalue weighted by Crippen LogP contribution is -2.51. The Morgan fingerprint density at radius 1 is 1.27 bits per heavy atom. The third-order valence-corrected chi connectivity index (χ3v) is 6.04. The normalized spacial score (nSPS) is 17.4. The third kappa shape index (κ3) is 8.02. The summed E-state index contributed by atoms with van der Waals surface area (Å²) in [5.41, 5.74) is 1.20. The van der Waals surface area contributed by atoms with Crippen molar-refractivity contribution >= 4 is 29.3 Å². The van der Waals surface area contributed by atoms with Crippen LogP contribution in [0.4, 0.5) is 21.8 Å². The zero-order valence-electron chi connectivity index (χ0n) is 21.9. The van der Waals surface area contributed by atoms with Crippen molar-refractivity contribution in [2.75, 3.05) is 45.4 Å². The molecule has 9 nitrogen and oxygen atoms in total. The number of hydrogen-bond donors (Lipinski definition) is 3. The number of rotatable bonds is 9. The van der Waals surface area contributed by atoms with Gasteiger partial charge in [-0.3, -0.25) is 9.59 Å². The number of anilines is 3. The largest absolute Gasteiger partial charge is 0.372 e. The van der Waals surface area contributed by atoms with Crippen molar-refractivity contribution in [3.63, 3.8) is 0 Å². The molecule has 2 amide bonds. The van der Waals surface area contributed by atoms with Crippen molar-refractivity contribution in [3.8, 4) is 11.8 Å². The first-order valence-corrected chi connectivity index (χ1v) is 12.1. The molecule has 10 heteroatoms. The van der Waals surface area contributed by atoms with E-state index in [1.165, 1.54) is 23.1 Å². The van der Waals surface area contributed by atoms with Gasteiger partial charge in [-0.15, -0.1) is 0 Å². The summed E-state index contributed by atoms with van der Waals surface area (Å²) >= 11 is 0. The number of nitrogens with zero attached hydrogens (tertiary/aromatic N) is 4. The van der Waals surface area contributed by atoms with Crippen LogP contribution in [0.3, 0.4) is 0 Å². The quantitative estimate of drug-likeness (QED) is 0.354. The summed E-state index contributed by atoms with van der Waals surface area (Å²) in [4.78, 5) is 37.0. The van der Waals surface area contributed by atoms with Gasteiger partial charge in [0, 0.05) is 44.4 Å². The van der Waals surface area contributed by atoms with Crippen molar-refractivity contribution in [3.05, 3.63) is 54.0 Å². The van der Waals surface area contributed by atoms with E-state index in [9.17, 15) is 14.0 Å². The number of carbonyl (C=O) groups is 2. The molecule has 0 radical (unpaired) electrons. The standard InChI is InChI=1S/C27H34FN7O2/c1-18(35(5)24(36)10-7-13-34(3)4)26(37)31-23-14-19(15-23)11-12-20-17-30-27(33-25(20)29-2)32-22-9-6-8-21(28)16-22/h6-10,16-19,23H,13-15H2,1-5H3,(H,31,37)(H2,29,30,32,33). The molecule has 1 atom stereocenters. The zero-order valence-corrected chi connectivity index (χ0v) is 21.9. The molecule has 0 spiro atoms. The highest BCUT2D eigenvalue weighted by molar-refractivity contribution is 5.92. The van der Waals surface area contributed by atoms with Gasteiger partial charge in [0.25, 0.3) is 0 Å². The second-order valence-electron chi connectivity index (χ2n) is 9.27. The van der Waals surface area contributed by atoms with Crippen molar-refractivity contribution in [2.24, 2.45) is 5.92 Å². The number of halogens is 1. The van der Waals surface area contributed by atoms with Gasteiger partial charge in [0.2, 0.25) is 17.8 Å². The maximum absolute atomic E-state index is 13.4. The van der Waals surface area contributed by atoms with E-state index in [-0.39, 0.29) is 29.6 Å². The summed E-state index contributed by atoms with van der Waals surface area (Å²) < 4.78 is 13.4. The highest BCUT2D eigenvalue weighted by Crippen LogP contribution is 2.27. The van der Waals surface area contributed by atoms with Crippen molar-refractivity contribution in [1.29, 1.82) is 0 Å². The predicted octanol–water partition coefficient (Wildman–Crippen LogP) is 2.61. The van der Waals surface area contributed by atoms with Gasteiger partial charge in [0.15, 0.2) is 0 Å². The Bertz CT molecular complexity index is 1200. The Balaban J connectivity index is 1.50. The molecule has 3 rings (SSSR count). The van der Waals surface area contributed by atoms with Crippen molar-refractivity contribution in [1.82, 2.24) is 25.1 Å². The molecule has 0 aliphatic heterocycles. The smallest absolute Gasteiger partial charge is 0.246 e. The number of benzene rings is 1. The molecule has 1 aliphatic carbocycles. The van der Waals surface area contributed by atoms with E-state index in [0.29, 0.717) is 29.6 Å². The first-order valence-electron chi connectivity index (χ1n) is 12.1. The molecule has 1 aromatic heterocycles. The van der Waals surface area contributed by atoms with Gasteiger partial charge in [-0.05, 0) is 52.1 Å². The van der Waals surface area contributed by atoms with E-state index in [0.717, 1.165) is 12.8 Å². The fourth-order valence-electron chi connectivity index (χ4n) is 3.62. The van der Waals surface area contributed by atoms with Gasteiger partial charge in [-0.2, -0.15) is 4.98 Å². The van der Waals surface area contributed by atoms with Crippen LogP contribution in [-0.4, -0.2) is 78.4 Å². The number of hydrogen-bond acceptors (Lipinski definition) is 7. The molecular weight excluding hydrogens is 473 g/mol. The van der Waals surface area contributed by atoms with Crippen molar-refractivity contribution < 1.29 is 14.0 Å². The molecule has 1 unspecified atom stereocenters. The Hall–Kier alpha value is -3.97. The molecule has 37 heavy (non-hydrogen) atoms. The second-order valence-corrected chi connectivity index (χ2v) is 9.27. The van der Waals surface area contributed by atoms with E-state index in [1.807, 2.05) is 19.0 Å². The Labute approximate surface area is 217 Å². The summed E-state index contributed by atoms with van der Waals surface area (Å²) in [5.74, 6) is 6.65. The minimum atomic E-state index is -0.573. The van der Waals surface area contributed by atoms with Crippen LogP contribution in [0.25, 0.3) is 0 Å². The first-order chi connectivity index (χ1) is 17.7. The van der Waals surface area contributed by atoms with Gasteiger partial charge >= 0.3 is 0 Å². The fraction of sp³-hybridized carbons (Fsp3) is 0.407. The van der Waals surface area contributed by atoms with E-state index >= 15 is 0 Å². The average Bonchev–Trinajstić information content (AvgIpc) is 2.84. The summed E-state index contributed by atoms with van der Waals surface area (Å²) in [6.45, 7) is 2.37. The lowest BCUT2D eigenvalue weighted by molar-refractivity contribution is -0.135. The molecule has 2 aromatic rings. The number of nitrogens with one attached hydrogen (secondary N) is 3. The van der Waals surface area contributed by atoms with E-state index < -0.39 is 6.04 Å². The molecule has 196 valence electrons. The summed E-state index contributed by atoms with van der Waals surface area (Å²) in [6, 6.07) is 5.52. The maximum Gasteiger partial charge on any atom is 0.246 e. The topological polar surface area (TPSA) is 102 Å². The van der Waals surface area contributed by atoms with E-state index in [1.54, 1.807) is 45.4 Å². The minimum absolute atomic E-state index is 0.0277. The van der Waals surface area contributed by atoms with Crippen LogP contribution in [0.15, 0.2) is 42.6 Å². The van der Waals surface area contributed by atoms with Gasteiger partial charge < -0.3 is 25.8 Å². The Kier molecular flexibility index (Phi) is 9.57. The molecule has 1 aromatic carbocycles.